The molecule has 41 heavy (non-hydrogen) atoms. The van der Waals surface area contributed by atoms with Gasteiger partial charge in [-0.3, -0.25) is 10.2 Å². The predicted octanol–water partition coefficient (Wildman–Crippen LogP) is 11.7. The zero-order valence-electron chi connectivity index (χ0n) is 27.3. The number of hydrogen-bond acceptors (Lipinski definition) is 2. The molecule has 0 aliphatic rings. The second kappa shape index (κ2) is 27.0. The number of carbonyl (C=O) groups excluding carboxylic acids is 1. The van der Waals surface area contributed by atoms with Crippen LogP contribution in [0.2, 0.25) is 0 Å². The lowest BCUT2D eigenvalue weighted by atomic mass is 9.93. The third-order valence-corrected chi connectivity index (χ3v) is 8.65. The van der Waals surface area contributed by atoms with Gasteiger partial charge in [0.1, 0.15) is 5.84 Å². The molecular weight excluding hydrogens is 502 g/mol. The molecule has 0 aliphatic heterocycles. The van der Waals surface area contributed by atoms with Crippen LogP contribution in [-0.4, -0.2) is 11.7 Å². The molecule has 0 atom stereocenters. The monoisotopic (exact) mass is 570 g/mol. The van der Waals surface area contributed by atoms with Crippen LogP contribution in [-0.2, 0) is 4.79 Å². The van der Waals surface area contributed by atoms with E-state index in [-0.39, 0.29) is 17.7 Å². The third-order valence-electron chi connectivity index (χ3n) is 8.65. The molecule has 0 aromatic heterocycles. The van der Waals surface area contributed by atoms with Gasteiger partial charge >= 0.3 is 0 Å². The molecule has 4 nitrogen and oxygen atoms in total. The molecule has 0 spiro atoms. The van der Waals surface area contributed by atoms with E-state index in [9.17, 15) is 4.79 Å². The summed E-state index contributed by atoms with van der Waals surface area (Å²) < 4.78 is 0. The predicted molar refractivity (Wildman–Crippen MR) is 181 cm³/mol. The summed E-state index contributed by atoms with van der Waals surface area (Å²) >= 11 is 0. The smallest absolute Gasteiger partial charge is 0.227 e. The number of rotatable bonds is 29. The van der Waals surface area contributed by atoms with E-state index in [1.165, 1.54) is 141 Å². The highest BCUT2D eigenvalue weighted by molar-refractivity contribution is 5.96. The lowest BCUT2D eigenvalue weighted by Gasteiger charge is -2.17. The molecule has 1 amide bonds. The fourth-order valence-electron chi connectivity index (χ4n) is 5.85. The summed E-state index contributed by atoms with van der Waals surface area (Å²) in [6, 6.07) is 7.34. The van der Waals surface area contributed by atoms with Crippen LogP contribution in [0.25, 0.3) is 0 Å². The van der Waals surface area contributed by atoms with Crippen molar-refractivity contribution in [3.8, 4) is 0 Å². The van der Waals surface area contributed by atoms with Crippen molar-refractivity contribution in [3.05, 3.63) is 29.8 Å². The normalized spacial score (nSPS) is 11.3. The second-order valence-electron chi connectivity index (χ2n) is 12.5. The van der Waals surface area contributed by atoms with E-state index >= 15 is 0 Å². The zero-order chi connectivity index (χ0) is 29.8. The Hall–Kier alpha value is -1.84. The average molecular weight is 570 g/mol. The number of benzene rings is 1. The van der Waals surface area contributed by atoms with E-state index in [0.717, 1.165) is 31.4 Å². The van der Waals surface area contributed by atoms with Crippen LogP contribution in [0.3, 0.4) is 0 Å². The molecule has 0 saturated carbocycles. The molecule has 0 saturated heterocycles. The maximum absolute atomic E-state index is 13.2. The number of nitrogens with two attached hydrogens (primary N) is 1. The van der Waals surface area contributed by atoms with Gasteiger partial charge in [-0.25, -0.2) is 0 Å². The number of amidine groups is 1. The number of nitrogen functional groups attached to an aromatic ring is 1. The van der Waals surface area contributed by atoms with E-state index in [1.807, 2.05) is 24.3 Å². The molecule has 4 N–H and O–H groups in total. The van der Waals surface area contributed by atoms with Crippen molar-refractivity contribution in [2.24, 2.45) is 11.7 Å². The van der Waals surface area contributed by atoms with E-state index in [0.29, 0.717) is 5.56 Å². The van der Waals surface area contributed by atoms with Gasteiger partial charge in [0.15, 0.2) is 0 Å². The molecule has 236 valence electrons. The number of nitrogens with one attached hydrogen (secondary N) is 2. The first-order chi connectivity index (χ1) is 20.1. The quantitative estimate of drug-likeness (QED) is 0.0509. The lowest BCUT2D eigenvalue weighted by Crippen LogP contribution is -2.23. The fourth-order valence-corrected chi connectivity index (χ4v) is 5.85. The SMILES string of the molecule is CCCCCCCCCCCCCCC(CCCCCCCCCCCCCC)C(=O)Nc1ccc(C(=N)N)cc1. The van der Waals surface area contributed by atoms with Crippen molar-refractivity contribution >= 4 is 17.4 Å². The molecule has 0 radical (unpaired) electrons. The van der Waals surface area contributed by atoms with Gasteiger partial charge < -0.3 is 11.1 Å². The minimum atomic E-state index is 0.0553. The van der Waals surface area contributed by atoms with Crippen LogP contribution >= 0.6 is 0 Å². The largest absolute Gasteiger partial charge is 0.384 e. The molecule has 0 aliphatic carbocycles. The van der Waals surface area contributed by atoms with Crippen molar-refractivity contribution < 1.29 is 4.79 Å². The summed E-state index contributed by atoms with van der Waals surface area (Å²) in [4.78, 5) is 13.2. The van der Waals surface area contributed by atoms with Crippen LogP contribution in [0, 0.1) is 11.3 Å². The lowest BCUT2D eigenvalue weighted by molar-refractivity contribution is -0.120. The first kappa shape index (κ1) is 37.2. The summed E-state index contributed by atoms with van der Waals surface area (Å²) in [5.41, 5.74) is 7.07. The highest BCUT2D eigenvalue weighted by Gasteiger charge is 2.18. The van der Waals surface area contributed by atoms with Crippen LogP contribution in [0.15, 0.2) is 24.3 Å². The number of anilines is 1. The summed E-state index contributed by atoms with van der Waals surface area (Å²) in [5, 5.41) is 10.7. The minimum Gasteiger partial charge on any atom is -0.384 e. The average Bonchev–Trinajstić information content (AvgIpc) is 2.97. The van der Waals surface area contributed by atoms with Crippen LogP contribution in [0.1, 0.15) is 186 Å². The van der Waals surface area contributed by atoms with E-state index < -0.39 is 0 Å². The maximum Gasteiger partial charge on any atom is 0.227 e. The summed E-state index contributed by atoms with van der Waals surface area (Å²) in [5.74, 6) is 0.306. The topological polar surface area (TPSA) is 79.0 Å². The molecule has 1 aromatic carbocycles. The molecule has 0 bridgehead atoms. The van der Waals surface area contributed by atoms with Crippen LogP contribution in [0.5, 0.6) is 0 Å². The molecule has 1 rings (SSSR count). The number of hydrogen-bond donors (Lipinski definition) is 3. The van der Waals surface area contributed by atoms with Gasteiger partial charge in [0.2, 0.25) is 5.91 Å². The van der Waals surface area contributed by atoms with Gasteiger partial charge in [-0.05, 0) is 37.1 Å². The van der Waals surface area contributed by atoms with Gasteiger partial charge in [-0.2, -0.15) is 0 Å². The zero-order valence-corrected chi connectivity index (χ0v) is 27.3. The minimum absolute atomic E-state index is 0.0553. The van der Waals surface area contributed by atoms with Gasteiger partial charge in [0, 0.05) is 17.2 Å². The third kappa shape index (κ3) is 21.5. The van der Waals surface area contributed by atoms with Crippen molar-refractivity contribution in [1.29, 1.82) is 5.41 Å². The standard InChI is InChI=1S/C37H67N3O/c1-3-5-7-9-11-13-15-17-19-21-23-25-27-34(37(41)40-35-31-29-33(30-32-35)36(38)39)28-26-24-22-20-18-16-14-12-10-8-6-4-2/h29-32,34H,3-28H2,1-2H3,(H3,38,39)(H,40,41). The van der Waals surface area contributed by atoms with Crippen molar-refractivity contribution in [1.82, 2.24) is 0 Å². The van der Waals surface area contributed by atoms with E-state index in [4.69, 9.17) is 11.1 Å². The Morgan fingerprint density at radius 2 is 0.902 bits per heavy atom. The number of unbranched alkanes of at least 4 members (excludes halogenated alkanes) is 22. The summed E-state index contributed by atoms with van der Waals surface area (Å²) in [6.07, 6.45) is 34.3. The van der Waals surface area contributed by atoms with Crippen molar-refractivity contribution in [2.75, 3.05) is 5.32 Å². The first-order valence-electron chi connectivity index (χ1n) is 17.8. The van der Waals surface area contributed by atoms with Gasteiger partial charge in [0.25, 0.3) is 0 Å². The Labute approximate surface area is 254 Å². The van der Waals surface area contributed by atoms with Crippen molar-refractivity contribution in [3.63, 3.8) is 0 Å². The Morgan fingerprint density at radius 3 is 1.22 bits per heavy atom. The number of amides is 1. The molecule has 1 aromatic rings. The van der Waals surface area contributed by atoms with Crippen LogP contribution < -0.4 is 11.1 Å². The van der Waals surface area contributed by atoms with E-state index in [2.05, 4.69) is 19.2 Å². The summed E-state index contributed by atoms with van der Waals surface area (Å²) in [7, 11) is 0. The molecule has 0 heterocycles. The Morgan fingerprint density at radius 1 is 0.585 bits per heavy atom. The Kier molecular flexibility index (Phi) is 24.5. The molecular formula is C37H67N3O. The van der Waals surface area contributed by atoms with Crippen molar-refractivity contribution in [2.45, 2.75) is 181 Å². The Balaban J connectivity index is 2.30. The molecule has 4 heteroatoms. The number of carbonyl (C=O) groups is 1. The van der Waals surface area contributed by atoms with E-state index in [1.54, 1.807) is 0 Å². The summed E-state index contributed by atoms with van der Waals surface area (Å²) in [6.45, 7) is 4.56. The molecule has 0 unspecified atom stereocenters. The van der Waals surface area contributed by atoms with Gasteiger partial charge in [-0.1, -0.05) is 168 Å². The first-order valence-corrected chi connectivity index (χ1v) is 17.8. The highest BCUT2D eigenvalue weighted by Crippen LogP contribution is 2.22. The Bertz CT molecular complexity index is 717. The van der Waals surface area contributed by atoms with Gasteiger partial charge in [0.05, 0.1) is 0 Å². The maximum atomic E-state index is 13.2. The molecule has 0 fully saturated rings. The second-order valence-corrected chi connectivity index (χ2v) is 12.5. The van der Waals surface area contributed by atoms with Gasteiger partial charge in [-0.15, -0.1) is 0 Å². The highest BCUT2D eigenvalue weighted by atomic mass is 16.1. The van der Waals surface area contributed by atoms with Crippen LogP contribution in [0.4, 0.5) is 5.69 Å². The fraction of sp³-hybridized carbons (Fsp3) is 0.784.